The van der Waals surface area contributed by atoms with Gasteiger partial charge in [0.05, 0.1) is 0 Å². The number of rotatable bonds is 3. The van der Waals surface area contributed by atoms with Crippen molar-refractivity contribution in [3.8, 4) is 0 Å². The van der Waals surface area contributed by atoms with Gasteiger partial charge in [-0.05, 0) is 25.7 Å². The molecule has 4 aliphatic rings. The molecular weight excluding hydrogens is 326 g/mol. The summed E-state index contributed by atoms with van der Waals surface area (Å²) in [5.74, 6) is -0.985. The molecule has 0 N–H and O–H groups in total. The molecule has 0 spiro atoms. The van der Waals surface area contributed by atoms with E-state index in [1.54, 1.807) is 4.90 Å². The number of hydrogen-bond acceptors (Lipinski definition) is 5. The summed E-state index contributed by atoms with van der Waals surface area (Å²) in [4.78, 5) is 64.4. The molecule has 0 radical (unpaired) electrons. The number of piperidine rings is 1. The van der Waals surface area contributed by atoms with Gasteiger partial charge >= 0.3 is 0 Å². The lowest BCUT2D eigenvalue weighted by Gasteiger charge is -2.41. The van der Waals surface area contributed by atoms with E-state index in [0.717, 1.165) is 17.7 Å². The van der Waals surface area contributed by atoms with Gasteiger partial charge in [0, 0.05) is 43.8 Å². The Balaban J connectivity index is 1.44. The van der Waals surface area contributed by atoms with Crippen LogP contribution in [0.3, 0.4) is 0 Å². The molecule has 134 valence electrons. The zero-order chi connectivity index (χ0) is 17.7. The van der Waals surface area contributed by atoms with Crippen LogP contribution in [0.15, 0.2) is 0 Å². The maximum Gasteiger partial charge on any atom is 0.243 e. The van der Waals surface area contributed by atoms with Crippen molar-refractivity contribution >= 4 is 29.5 Å². The summed E-state index contributed by atoms with van der Waals surface area (Å²) in [6, 6.07) is -0.172. The Labute approximate surface area is 145 Å². The minimum absolute atomic E-state index is 0.0229. The molecule has 5 amide bonds. The van der Waals surface area contributed by atoms with Crippen molar-refractivity contribution in [3.05, 3.63) is 0 Å². The highest BCUT2D eigenvalue weighted by Gasteiger charge is 2.48. The summed E-state index contributed by atoms with van der Waals surface area (Å²) in [6.45, 7) is -0.184. The van der Waals surface area contributed by atoms with Gasteiger partial charge in [0.25, 0.3) is 0 Å². The second-order valence-corrected chi connectivity index (χ2v) is 7.34. The molecule has 2 unspecified atom stereocenters. The molecule has 8 heteroatoms. The number of carbonyl (C=O) groups excluding carboxylic acids is 5. The number of amides is 5. The molecule has 2 atom stereocenters. The maximum absolute atomic E-state index is 12.7. The highest BCUT2D eigenvalue weighted by molar-refractivity contribution is 6.04. The van der Waals surface area contributed by atoms with Crippen LogP contribution >= 0.6 is 0 Å². The van der Waals surface area contributed by atoms with E-state index in [4.69, 9.17) is 0 Å². The maximum atomic E-state index is 12.7. The van der Waals surface area contributed by atoms with Gasteiger partial charge in [-0.15, -0.1) is 0 Å². The molecule has 25 heavy (non-hydrogen) atoms. The van der Waals surface area contributed by atoms with Crippen LogP contribution in [-0.2, 0) is 24.0 Å². The second kappa shape index (κ2) is 5.93. The molecule has 4 saturated heterocycles. The summed E-state index contributed by atoms with van der Waals surface area (Å²) in [7, 11) is 0. The monoisotopic (exact) mass is 347 g/mol. The van der Waals surface area contributed by atoms with Gasteiger partial charge in [-0.3, -0.25) is 33.8 Å². The van der Waals surface area contributed by atoms with E-state index >= 15 is 0 Å². The molecule has 4 heterocycles. The molecule has 4 aliphatic heterocycles. The van der Waals surface area contributed by atoms with Crippen molar-refractivity contribution in [2.45, 2.75) is 69.5 Å². The number of fused-ring (bicyclic) bond motifs is 2. The molecule has 0 aliphatic carbocycles. The van der Waals surface area contributed by atoms with E-state index in [0.29, 0.717) is 12.8 Å². The second-order valence-electron chi connectivity index (χ2n) is 7.34. The minimum Gasteiger partial charge on any atom is -0.335 e. The number of imide groups is 2. The van der Waals surface area contributed by atoms with Gasteiger partial charge in [-0.1, -0.05) is 0 Å². The predicted octanol–water partition coefficient (Wildman–Crippen LogP) is -0.194. The lowest BCUT2D eigenvalue weighted by molar-refractivity contribution is -0.150. The van der Waals surface area contributed by atoms with Crippen molar-refractivity contribution in [1.82, 2.24) is 14.7 Å². The van der Waals surface area contributed by atoms with E-state index in [-0.39, 0.29) is 79.9 Å². The van der Waals surface area contributed by atoms with Crippen molar-refractivity contribution in [2.75, 3.05) is 6.54 Å². The fourth-order valence-corrected chi connectivity index (χ4v) is 4.78. The van der Waals surface area contributed by atoms with Crippen LogP contribution in [0.25, 0.3) is 0 Å². The smallest absolute Gasteiger partial charge is 0.243 e. The lowest BCUT2D eigenvalue weighted by Crippen LogP contribution is -2.55. The molecule has 4 rings (SSSR count). The van der Waals surface area contributed by atoms with Crippen LogP contribution in [-0.4, -0.2) is 68.9 Å². The number of likely N-dealkylation sites (tertiary alicyclic amines) is 2. The fraction of sp³-hybridized carbons (Fsp3) is 0.706. The first-order valence-corrected chi connectivity index (χ1v) is 8.95. The van der Waals surface area contributed by atoms with Gasteiger partial charge in [-0.25, -0.2) is 0 Å². The standard InChI is InChI=1S/C17H21N3O5/c21-13-3-4-14(22)18(13)9-17(25)19-10-1-2-11(19)8-12(7-10)20-15(23)5-6-16(20)24/h10-12H,1-9H2. The van der Waals surface area contributed by atoms with Gasteiger partial charge in [0.2, 0.25) is 29.5 Å². The van der Waals surface area contributed by atoms with Crippen LogP contribution in [0.4, 0.5) is 0 Å². The Morgan fingerprint density at radius 2 is 1.24 bits per heavy atom. The number of hydrogen-bond donors (Lipinski definition) is 0. The van der Waals surface area contributed by atoms with E-state index in [2.05, 4.69) is 0 Å². The van der Waals surface area contributed by atoms with Crippen LogP contribution in [0.5, 0.6) is 0 Å². The van der Waals surface area contributed by atoms with Crippen molar-refractivity contribution < 1.29 is 24.0 Å². The van der Waals surface area contributed by atoms with Crippen molar-refractivity contribution in [1.29, 1.82) is 0 Å². The van der Waals surface area contributed by atoms with E-state index < -0.39 is 0 Å². The minimum atomic E-state index is -0.283. The summed E-state index contributed by atoms with van der Waals surface area (Å²) in [5, 5.41) is 0. The molecule has 0 aromatic heterocycles. The Morgan fingerprint density at radius 1 is 0.760 bits per heavy atom. The van der Waals surface area contributed by atoms with E-state index in [1.165, 1.54) is 4.90 Å². The molecule has 4 fully saturated rings. The van der Waals surface area contributed by atoms with E-state index in [9.17, 15) is 24.0 Å². The summed E-state index contributed by atoms with van der Waals surface area (Å²) in [5.41, 5.74) is 0. The SMILES string of the molecule is O=C1CCC(=O)N1CC(=O)N1C2CCC1CC(N1C(=O)CCC1=O)C2. The Kier molecular flexibility index (Phi) is 3.85. The summed E-state index contributed by atoms with van der Waals surface area (Å²) >= 11 is 0. The molecule has 0 aromatic rings. The summed E-state index contributed by atoms with van der Waals surface area (Å²) in [6.07, 6.45) is 3.80. The average Bonchev–Trinajstić information content (AvgIpc) is 3.16. The van der Waals surface area contributed by atoms with Crippen LogP contribution in [0, 0.1) is 0 Å². The van der Waals surface area contributed by atoms with E-state index in [1.807, 2.05) is 0 Å². The summed E-state index contributed by atoms with van der Waals surface area (Å²) < 4.78 is 0. The fourth-order valence-electron chi connectivity index (χ4n) is 4.78. The third-order valence-corrected chi connectivity index (χ3v) is 5.90. The highest BCUT2D eigenvalue weighted by atomic mass is 16.2. The molecule has 2 bridgehead atoms. The van der Waals surface area contributed by atoms with Crippen LogP contribution < -0.4 is 0 Å². The average molecular weight is 347 g/mol. The van der Waals surface area contributed by atoms with Crippen LogP contribution in [0.1, 0.15) is 51.4 Å². The Hall–Kier alpha value is -2.25. The third kappa shape index (κ3) is 2.63. The lowest BCUT2D eigenvalue weighted by atomic mass is 9.95. The molecule has 8 nitrogen and oxygen atoms in total. The topological polar surface area (TPSA) is 95.1 Å². The van der Waals surface area contributed by atoms with Crippen molar-refractivity contribution in [2.24, 2.45) is 0 Å². The third-order valence-electron chi connectivity index (χ3n) is 5.90. The first-order valence-electron chi connectivity index (χ1n) is 8.95. The first kappa shape index (κ1) is 16.2. The Bertz CT molecular complexity index is 629. The molecule has 0 saturated carbocycles. The van der Waals surface area contributed by atoms with Crippen LogP contribution in [0.2, 0.25) is 0 Å². The van der Waals surface area contributed by atoms with Gasteiger partial charge in [0.15, 0.2) is 0 Å². The number of nitrogens with zero attached hydrogens (tertiary/aromatic N) is 3. The highest BCUT2D eigenvalue weighted by Crippen LogP contribution is 2.39. The van der Waals surface area contributed by atoms with Gasteiger partial charge < -0.3 is 4.90 Å². The largest absolute Gasteiger partial charge is 0.335 e. The molecule has 0 aromatic carbocycles. The first-order chi connectivity index (χ1) is 12.0. The quantitative estimate of drug-likeness (QED) is 0.659. The predicted molar refractivity (Wildman–Crippen MR) is 83.7 cm³/mol. The van der Waals surface area contributed by atoms with Gasteiger partial charge in [0.1, 0.15) is 6.54 Å². The Morgan fingerprint density at radius 3 is 1.76 bits per heavy atom. The number of carbonyl (C=O) groups is 5. The zero-order valence-corrected chi connectivity index (χ0v) is 14.0. The normalized spacial score (nSPS) is 32.3. The van der Waals surface area contributed by atoms with Gasteiger partial charge in [-0.2, -0.15) is 0 Å². The molecular formula is C17H21N3O5. The van der Waals surface area contributed by atoms with Crippen molar-refractivity contribution in [3.63, 3.8) is 0 Å². The zero-order valence-electron chi connectivity index (χ0n) is 14.0.